The molecule has 4 aromatic rings. The van der Waals surface area contributed by atoms with Crippen LogP contribution in [0, 0.1) is 11.7 Å². The molecule has 7 nitrogen and oxygen atoms in total. The third-order valence-electron chi connectivity index (χ3n) is 8.31. The van der Waals surface area contributed by atoms with Crippen LogP contribution in [0.2, 0.25) is 0 Å². The number of rotatable bonds is 12. The average molecular weight is 572 g/mol. The summed E-state index contributed by atoms with van der Waals surface area (Å²) in [5.74, 6) is 0.952. The van der Waals surface area contributed by atoms with Gasteiger partial charge in [0.1, 0.15) is 24.0 Å². The van der Waals surface area contributed by atoms with E-state index < -0.39 is 5.97 Å². The van der Waals surface area contributed by atoms with Crippen molar-refractivity contribution in [2.75, 3.05) is 6.54 Å². The molecule has 0 bridgehead atoms. The Bertz CT molecular complexity index is 1510. The van der Waals surface area contributed by atoms with Gasteiger partial charge in [0.2, 0.25) is 0 Å². The normalized spacial score (nSPS) is 14.5. The summed E-state index contributed by atoms with van der Waals surface area (Å²) in [5, 5.41) is 11.5. The summed E-state index contributed by atoms with van der Waals surface area (Å²) >= 11 is 0. The van der Waals surface area contributed by atoms with Crippen molar-refractivity contribution < 1.29 is 23.8 Å². The summed E-state index contributed by atoms with van der Waals surface area (Å²) in [7, 11) is 2.04. The number of carboxylic acids is 1. The number of benzene rings is 3. The van der Waals surface area contributed by atoms with Gasteiger partial charge in [-0.25, -0.2) is 9.37 Å². The number of aliphatic carboxylic acids is 1. The SMILES string of the molecule is Cn1c(C(CCC2CCCCC2)c2ccc(C(=O)NCCC(=O)O)cc2)nc2cc(OCc3ccc(F)cc3)ccc21. The highest BCUT2D eigenvalue weighted by atomic mass is 19.1. The Morgan fingerprint density at radius 2 is 1.79 bits per heavy atom. The summed E-state index contributed by atoms with van der Waals surface area (Å²) in [6, 6.07) is 19.8. The van der Waals surface area contributed by atoms with Gasteiger partial charge in [0.25, 0.3) is 5.91 Å². The van der Waals surface area contributed by atoms with E-state index in [1.807, 2.05) is 49.5 Å². The lowest BCUT2D eigenvalue weighted by molar-refractivity contribution is -0.136. The maximum atomic E-state index is 13.3. The van der Waals surface area contributed by atoms with Crippen LogP contribution in [0.5, 0.6) is 5.75 Å². The van der Waals surface area contributed by atoms with E-state index in [4.69, 9.17) is 14.8 Å². The van der Waals surface area contributed by atoms with E-state index in [1.165, 1.54) is 44.2 Å². The molecule has 1 aliphatic rings. The minimum atomic E-state index is -0.944. The summed E-state index contributed by atoms with van der Waals surface area (Å²) < 4.78 is 21.4. The predicted octanol–water partition coefficient (Wildman–Crippen LogP) is 6.99. The van der Waals surface area contributed by atoms with Crippen LogP contribution in [-0.2, 0) is 18.4 Å². The standard InChI is InChI=1S/C34H38FN3O4/c1-38-31-18-16-28(42-22-24-7-14-27(35)15-8-24)21-30(31)37-33(38)29(17-9-23-5-3-2-4-6-23)25-10-12-26(13-11-25)34(41)36-20-19-32(39)40/h7-8,10-16,18,21,23,29H,2-6,9,17,19-20,22H2,1H3,(H,36,41)(H,39,40). The third-order valence-corrected chi connectivity index (χ3v) is 8.31. The van der Waals surface area contributed by atoms with Gasteiger partial charge in [0.05, 0.1) is 17.5 Å². The fraction of sp³-hybridized carbons (Fsp3) is 0.382. The topological polar surface area (TPSA) is 93.5 Å². The Morgan fingerprint density at radius 1 is 1.05 bits per heavy atom. The van der Waals surface area contributed by atoms with Crippen LogP contribution in [0.4, 0.5) is 4.39 Å². The number of halogens is 1. The van der Waals surface area contributed by atoms with E-state index in [1.54, 1.807) is 12.1 Å². The number of ether oxygens (including phenoxy) is 1. The van der Waals surface area contributed by atoms with Gasteiger partial charge in [-0.2, -0.15) is 0 Å². The van der Waals surface area contributed by atoms with E-state index in [0.717, 1.165) is 46.7 Å². The fourth-order valence-electron chi connectivity index (χ4n) is 5.92. The van der Waals surface area contributed by atoms with Gasteiger partial charge in [0.15, 0.2) is 0 Å². The van der Waals surface area contributed by atoms with Gasteiger partial charge in [-0.05, 0) is 66.3 Å². The molecule has 42 heavy (non-hydrogen) atoms. The fourth-order valence-corrected chi connectivity index (χ4v) is 5.92. The molecule has 1 amide bonds. The molecular formula is C34H38FN3O4. The number of aryl methyl sites for hydroxylation is 1. The van der Waals surface area contributed by atoms with E-state index in [9.17, 15) is 14.0 Å². The van der Waals surface area contributed by atoms with Crippen molar-refractivity contribution in [3.05, 3.63) is 95.1 Å². The minimum Gasteiger partial charge on any atom is -0.489 e. The van der Waals surface area contributed by atoms with E-state index in [-0.39, 0.29) is 30.6 Å². The van der Waals surface area contributed by atoms with Crippen molar-refractivity contribution in [3.63, 3.8) is 0 Å². The van der Waals surface area contributed by atoms with Gasteiger partial charge in [0, 0.05) is 31.1 Å². The molecule has 3 aromatic carbocycles. The molecule has 1 fully saturated rings. The maximum Gasteiger partial charge on any atom is 0.305 e. The number of nitrogens with zero attached hydrogens (tertiary/aromatic N) is 2. The number of carbonyl (C=O) groups is 2. The van der Waals surface area contributed by atoms with Gasteiger partial charge in [-0.15, -0.1) is 0 Å². The van der Waals surface area contributed by atoms with Crippen molar-refractivity contribution in [1.29, 1.82) is 0 Å². The third kappa shape index (κ3) is 7.35. The highest BCUT2D eigenvalue weighted by Crippen LogP contribution is 2.36. The molecule has 220 valence electrons. The van der Waals surface area contributed by atoms with Crippen LogP contribution >= 0.6 is 0 Å². The second-order valence-corrected chi connectivity index (χ2v) is 11.3. The molecule has 1 unspecified atom stereocenters. The van der Waals surface area contributed by atoms with Crippen molar-refractivity contribution in [3.8, 4) is 5.75 Å². The number of carbonyl (C=O) groups excluding carboxylic acids is 1. The Hall–Kier alpha value is -4.20. The molecule has 0 spiro atoms. The molecule has 5 rings (SSSR count). The lowest BCUT2D eigenvalue weighted by Gasteiger charge is -2.24. The molecule has 0 aliphatic heterocycles. The molecular weight excluding hydrogens is 533 g/mol. The van der Waals surface area contributed by atoms with Gasteiger partial charge >= 0.3 is 5.97 Å². The Balaban J connectivity index is 1.37. The van der Waals surface area contributed by atoms with E-state index >= 15 is 0 Å². The molecule has 1 aliphatic carbocycles. The first-order chi connectivity index (χ1) is 20.4. The number of nitrogens with one attached hydrogen (secondary N) is 1. The average Bonchev–Trinajstić information content (AvgIpc) is 3.32. The number of amides is 1. The van der Waals surface area contributed by atoms with Crippen LogP contribution < -0.4 is 10.1 Å². The number of aromatic nitrogens is 2. The van der Waals surface area contributed by atoms with Crippen molar-refractivity contribution in [2.24, 2.45) is 13.0 Å². The molecule has 0 saturated heterocycles. The first kappa shape index (κ1) is 29.3. The minimum absolute atomic E-state index is 0.0528. The summed E-state index contributed by atoms with van der Waals surface area (Å²) in [4.78, 5) is 28.4. The Morgan fingerprint density at radius 3 is 2.50 bits per heavy atom. The maximum absolute atomic E-state index is 13.3. The molecule has 1 heterocycles. The number of hydrogen-bond donors (Lipinski definition) is 2. The lowest BCUT2D eigenvalue weighted by Crippen LogP contribution is -2.26. The Kier molecular flexibility index (Phi) is 9.52. The number of imidazole rings is 1. The predicted molar refractivity (Wildman–Crippen MR) is 160 cm³/mol. The molecule has 2 N–H and O–H groups in total. The highest BCUT2D eigenvalue weighted by Gasteiger charge is 2.24. The van der Waals surface area contributed by atoms with Crippen LogP contribution in [-0.4, -0.2) is 33.1 Å². The monoisotopic (exact) mass is 571 g/mol. The van der Waals surface area contributed by atoms with Crippen LogP contribution in [0.25, 0.3) is 11.0 Å². The van der Waals surface area contributed by atoms with E-state index in [2.05, 4.69) is 9.88 Å². The molecule has 8 heteroatoms. The van der Waals surface area contributed by atoms with Crippen LogP contribution in [0.1, 0.15) is 84.6 Å². The van der Waals surface area contributed by atoms with Crippen molar-refractivity contribution in [2.45, 2.75) is 63.9 Å². The number of carboxylic acid groups (broad SMARTS) is 1. The largest absolute Gasteiger partial charge is 0.489 e. The van der Waals surface area contributed by atoms with Crippen LogP contribution in [0.15, 0.2) is 66.7 Å². The summed E-state index contributed by atoms with van der Waals surface area (Å²) in [6.45, 7) is 0.432. The van der Waals surface area contributed by atoms with E-state index in [0.29, 0.717) is 17.9 Å². The zero-order chi connectivity index (χ0) is 29.5. The summed E-state index contributed by atoms with van der Waals surface area (Å²) in [5.41, 5.74) is 4.35. The smallest absolute Gasteiger partial charge is 0.305 e. The zero-order valence-corrected chi connectivity index (χ0v) is 24.0. The lowest BCUT2D eigenvalue weighted by atomic mass is 9.82. The number of fused-ring (bicyclic) bond motifs is 1. The first-order valence-electron chi connectivity index (χ1n) is 14.8. The van der Waals surface area contributed by atoms with Gasteiger partial charge in [-0.1, -0.05) is 56.4 Å². The van der Waals surface area contributed by atoms with Gasteiger partial charge in [-0.3, -0.25) is 9.59 Å². The van der Waals surface area contributed by atoms with Crippen LogP contribution in [0.3, 0.4) is 0 Å². The second-order valence-electron chi connectivity index (χ2n) is 11.3. The quantitative estimate of drug-likeness (QED) is 0.191. The Labute approximate surface area is 245 Å². The van der Waals surface area contributed by atoms with Crippen molar-refractivity contribution >= 4 is 22.9 Å². The molecule has 1 saturated carbocycles. The summed E-state index contributed by atoms with van der Waals surface area (Å²) in [6.07, 6.45) is 8.45. The van der Waals surface area contributed by atoms with Crippen molar-refractivity contribution in [1.82, 2.24) is 14.9 Å². The second kappa shape index (κ2) is 13.6. The van der Waals surface area contributed by atoms with Gasteiger partial charge < -0.3 is 19.7 Å². The first-order valence-corrected chi connectivity index (χ1v) is 14.8. The zero-order valence-electron chi connectivity index (χ0n) is 24.0. The highest BCUT2D eigenvalue weighted by molar-refractivity contribution is 5.94. The molecule has 1 atom stereocenters. The molecule has 0 radical (unpaired) electrons. The number of hydrogen-bond acceptors (Lipinski definition) is 4. The molecule has 1 aromatic heterocycles.